The third-order valence-corrected chi connectivity index (χ3v) is 6.86. The number of hydrogen-bond acceptors (Lipinski definition) is 8. The van der Waals surface area contributed by atoms with Crippen LogP contribution in [0.1, 0.15) is 17.7 Å². The van der Waals surface area contributed by atoms with Crippen molar-refractivity contribution in [3.05, 3.63) is 89.4 Å². The lowest BCUT2D eigenvalue weighted by Gasteiger charge is -2.18. The summed E-state index contributed by atoms with van der Waals surface area (Å²) in [4.78, 5) is 21.3. The average molecular weight is 635 g/mol. The van der Waals surface area contributed by atoms with E-state index in [2.05, 4.69) is 42.6 Å². The molecule has 0 bridgehead atoms. The van der Waals surface area contributed by atoms with E-state index in [0.29, 0.717) is 68.6 Å². The van der Waals surface area contributed by atoms with Gasteiger partial charge in [0.2, 0.25) is 5.91 Å². The molecule has 3 heterocycles. The molecule has 2 aromatic heterocycles. The Morgan fingerprint density at radius 2 is 2.12 bits per heavy atom. The van der Waals surface area contributed by atoms with Crippen molar-refractivity contribution in [1.29, 1.82) is 5.26 Å². The number of aromatic nitrogens is 2. The number of fused-ring (bicyclic) bond motifs is 1. The SMILES string of the molecule is N#Cc1cnc2cc(OC3CCOC3)c(NC(=O)C=CCBr)cc2c1Nc1ccc(OCc2ccccn2)c(Cl)c1. The summed E-state index contributed by atoms with van der Waals surface area (Å²) in [5.41, 5.74) is 3.28. The number of ether oxygens (including phenoxy) is 3. The van der Waals surface area contributed by atoms with Crippen LogP contribution in [0.5, 0.6) is 11.5 Å². The average Bonchev–Trinajstić information content (AvgIpc) is 3.50. The summed E-state index contributed by atoms with van der Waals surface area (Å²) >= 11 is 9.81. The van der Waals surface area contributed by atoms with E-state index in [0.717, 1.165) is 12.1 Å². The van der Waals surface area contributed by atoms with Crippen LogP contribution in [0.25, 0.3) is 10.9 Å². The van der Waals surface area contributed by atoms with Gasteiger partial charge in [0, 0.05) is 47.4 Å². The van der Waals surface area contributed by atoms with Crippen LogP contribution in [0.2, 0.25) is 5.02 Å². The molecule has 1 saturated heterocycles. The number of halogens is 2. The van der Waals surface area contributed by atoms with Crippen molar-refractivity contribution in [3.63, 3.8) is 0 Å². The number of carbonyl (C=O) groups excluding carboxylic acids is 1. The molecule has 0 spiro atoms. The monoisotopic (exact) mass is 633 g/mol. The first-order valence-corrected chi connectivity index (χ1v) is 14.3. The van der Waals surface area contributed by atoms with E-state index >= 15 is 0 Å². The molecule has 0 radical (unpaired) electrons. The first-order valence-electron chi connectivity index (χ1n) is 12.8. The summed E-state index contributed by atoms with van der Waals surface area (Å²) in [5.74, 6) is 0.652. The van der Waals surface area contributed by atoms with Crippen molar-refractivity contribution in [3.8, 4) is 17.6 Å². The number of allylic oxidation sites excluding steroid dienone is 1. The Labute approximate surface area is 250 Å². The molecule has 2 N–H and O–H groups in total. The van der Waals surface area contributed by atoms with Gasteiger partial charge in [-0.3, -0.25) is 14.8 Å². The molecular formula is C30H25BrClN5O4. The van der Waals surface area contributed by atoms with Gasteiger partial charge >= 0.3 is 0 Å². The summed E-state index contributed by atoms with van der Waals surface area (Å²) in [5, 5.41) is 17.6. The highest BCUT2D eigenvalue weighted by Crippen LogP contribution is 2.38. The molecule has 1 amide bonds. The zero-order chi connectivity index (χ0) is 28.6. The number of nitrogens with zero attached hydrogens (tertiary/aromatic N) is 3. The van der Waals surface area contributed by atoms with Gasteiger partial charge in [-0.2, -0.15) is 5.26 Å². The Morgan fingerprint density at radius 3 is 2.85 bits per heavy atom. The summed E-state index contributed by atoms with van der Waals surface area (Å²) < 4.78 is 17.5. The zero-order valence-corrected chi connectivity index (χ0v) is 24.1. The molecule has 41 heavy (non-hydrogen) atoms. The Bertz CT molecular complexity index is 1620. The molecule has 1 aliphatic rings. The van der Waals surface area contributed by atoms with Gasteiger partial charge in [0.1, 0.15) is 30.3 Å². The third-order valence-electron chi connectivity index (χ3n) is 6.19. The number of nitriles is 1. The Balaban J connectivity index is 1.47. The van der Waals surface area contributed by atoms with Gasteiger partial charge in [0.25, 0.3) is 0 Å². The zero-order valence-electron chi connectivity index (χ0n) is 21.8. The number of rotatable bonds is 10. The topological polar surface area (TPSA) is 118 Å². The fraction of sp³-hybridized carbons (Fsp3) is 0.200. The number of amides is 1. The molecule has 2 aromatic carbocycles. The summed E-state index contributed by atoms with van der Waals surface area (Å²) in [6.45, 7) is 1.35. The van der Waals surface area contributed by atoms with Crippen LogP contribution >= 0.6 is 27.5 Å². The molecular weight excluding hydrogens is 610 g/mol. The van der Waals surface area contributed by atoms with E-state index in [1.165, 1.54) is 12.3 Å². The lowest BCUT2D eigenvalue weighted by molar-refractivity contribution is -0.111. The predicted molar refractivity (Wildman–Crippen MR) is 161 cm³/mol. The largest absolute Gasteiger partial charge is 0.486 e. The predicted octanol–water partition coefficient (Wildman–Crippen LogP) is 6.53. The maximum Gasteiger partial charge on any atom is 0.248 e. The van der Waals surface area contributed by atoms with Crippen LogP contribution in [0.15, 0.2) is 73.1 Å². The molecule has 11 heteroatoms. The number of carbonyl (C=O) groups is 1. The minimum Gasteiger partial charge on any atom is -0.486 e. The number of alkyl halides is 1. The van der Waals surface area contributed by atoms with Crippen molar-refractivity contribution in [2.45, 2.75) is 19.1 Å². The normalized spacial score (nSPS) is 14.6. The number of anilines is 3. The van der Waals surface area contributed by atoms with E-state index in [-0.39, 0.29) is 18.6 Å². The minimum atomic E-state index is -0.316. The van der Waals surface area contributed by atoms with Crippen molar-refractivity contribution >= 4 is 61.4 Å². The number of pyridine rings is 2. The van der Waals surface area contributed by atoms with E-state index in [1.807, 2.05) is 18.2 Å². The maximum absolute atomic E-state index is 12.6. The van der Waals surface area contributed by atoms with Crippen molar-refractivity contribution in [2.75, 3.05) is 29.2 Å². The van der Waals surface area contributed by atoms with Gasteiger partial charge in [0.05, 0.1) is 46.4 Å². The molecule has 1 fully saturated rings. The van der Waals surface area contributed by atoms with Crippen molar-refractivity contribution < 1.29 is 19.0 Å². The number of benzene rings is 2. The van der Waals surface area contributed by atoms with Gasteiger partial charge in [-0.05, 0) is 36.4 Å². The van der Waals surface area contributed by atoms with Gasteiger partial charge in [-0.15, -0.1) is 0 Å². The van der Waals surface area contributed by atoms with Gasteiger partial charge in [-0.1, -0.05) is 39.7 Å². The number of hydrogen-bond donors (Lipinski definition) is 2. The fourth-order valence-electron chi connectivity index (χ4n) is 4.22. The lowest BCUT2D eigenvalue weighted by Crippen LogP contribution is -2.18. The van der Waals surface area contributed by atoms with E-state index in [9.17, 15) is 10.1 Å². The van der Waals surface area contributed by atoms with Crippen molar-refractivity contribution in [2.24, 2.45) is 0 Å². The first-order chi connectivity index (χ1) is 20.0. The molecule has 208 valence electrons. The highest BCUT2D eigenvalue weighted by Gasteiger charge is 2.21. The maximum atomic E-state index is 12.6. The second-order valence-electron chi connectivity index (χ2n) is 9.05. The highest BCUT2D eigenvalue weighted by molar-refractivity contribution is 9.09. The molecule has 0 aliphatic carbocycles. The standard InChI is InChI=1S/C30H25BrClN5O4/c31-9-3-5-29(38)37-26-13-23-25(14-28(26)41-22-8-11-39-18-22)35-16-19(15-33)30(23)36-20-6-7-27(24(32)12-20)40-17-21-4-1-2-10-34-21/h1-7,10,12-14,16,22H,8-9,11,17-18H2,(H,35,36)(H,37,38). The van der Waals surface area contributed by atoms with Gasteiger partial charge < -0.3 is 24.8 Å². The Morgan fingerprint density at radius 1 is 1.22 bits per heavy atom. The minimum absolute atomic E-state index is 0.141. The van der Waals surface area contributed by atoms with Crippen LogP contribution in [0.3, 0.4) is 0 Å². The van der Waals surface area contributed by atoms with Crippen LogP contribution in [0, 0.1) is 11.3 Å². The van der Waals surface area contributed by atoms with Gasteiger partial charge in [-0.25, -0.2) is 0 Å². The Kier molecular flexibility index (Phi) is 9.31. The van der Waals surface area contributed by atoms with Crippen LogP contribution in [-0.2, 0) is 16.1 Å². The van der Waals surface area contributed by atoms with E-state index < -0.39 is 0 Å². The molecule has 1 atom stereocenters. The molecule has 9 nitrogen and oxygen atoms in total. The van der Waals surface area contributed by atoms with Crippen LogP contribution in [0.4, 0.5) is 17.1 Å². The second-order valence-corrected chi connectivity index (χ2v) is 10.1. The fourth-order valence-corrected chi connectivity index (χ4v) is 4.64. The first kappa shape index (κ1) is 28.4. The van der Waals surface area contributed by atoms with E-state index in [1.54, 1.807) is 42.6 Å². The number of nitrogens with one attached hydrogen (secondary N) is 2. The summed E-state index contributed by atoms with van der Waals surface area (Å²) in [6, 6.07) is 16.6. The highest BCUT2D eigenvalue weighted by atomic mass is 79.9. The lowest BCUT2D eigenvalue weighted by atomic mass is 10.1. The third kappa shape index (κ3) is 7.13. The molecule has 5 rings (SSSR count). The molecule has 0 saturated carbocycles. The smallest absolute Gasteiger partial charge is 0.248 e. The van der Waals surface area contributed by atoms with Crippen LogP contribution < -0.4 is 20.1 Å². The quantitative estimate of drug-likeness (QED) is 0.149. The summed E-state index contributed by atoms with van der Waals surface area (Å²) in [6.07, 6.45) is 6.93. The van der Waals surface area contributed by atoms with Gasteiger partial charge in [0.15, 0.2) is 0 Å². The summed E-state index contributed by atoms with van der Waals surface area (Å²) in [7, 11) is 0. The molecule has 1 aliphatic heterocycles. The Hall–Kier alpha value is -4.17. The van der Waals surface area contributed by atoms with Crippen LogP contribution in [-0.4, -0.2) is 40.5 Å². The molecule has 1 unspecified atom stereocenters. The second kappa shape index (κ2) is 13.5. The van der Waals surface area contributed by atoms with E-state index in [4.69, 9.17) is 25.8 Å². The van der Waals surface area contributed by atoms with Crippen molar-refractivity contribution in [1.82, 2.24) is 9.97 Å². The molecule has 4 aromatic rings.